The zero-order valence-electron chi connectivity index (χ0n) is 12.6. The molecule has 0 aromatic carbocycles. The van der Waals surface area contributed by atoms with Gasteiger partial charge in [-0.3, -0.25) is 4.98 Å². The van der Waals surface area contributed by atoms with Crippen LogP contribution in [0.3, 0.4) is 0 Å². The Hall–Kier alpha value is -1.24. The molecule has 0 amide bonds. The lowest BCUT2D eigenvalue weighted by atomic mass is 10.1. The summed E-state index contributed by atoms with van der Waals surface area (Å²) in [4.78, 5) is 8.59. The molecular formula is C14H25N3O3. The average Bonchev–Trinajstić information content (AvgIpc) is 2.50. The van der Waals surface area contributed by atoms with Gasteiger partial charge < -0.3 is 19.5 Å². The minimum absolute atomic E-state index is 0.0844. The number of nitrogens with one attached hydrogen (secondary N) is 1. The predicted molar refractivity (Wildman–Crippen MR) is 76.9 cm³/mol. The molecule has 0 bridgehead atoms. The molecule has 1 aromatic heterocycles. The largest absolute Gasteiger partial charge is 0.480 e. The number of ether oxygens (including phenoxy) is 3. The summed E-state index contributed by atoms with van der Waals surface area (Å²) >= 11 is 0. The fraction of sp³-hybridized carbons (Fsp3) is 0.714. The molecule has 1 N–H and O–H groups in total. The first kappa shape index (κ1) is 16.8. The highest BCUT2D eigenvalue weighted by atomic mass is 16.5. The second kappa shape index (κ2) is 10.5. The van der Waals surface area contributed by atoms with Crippen molar-refractivity contribution in [2.45, 2.75) is 25.8 Å². The first-order valence-corrected chi connectivity index (χ1v) is 6.98. The topological polar surface area (TPSA) is 65.5 Å². The molecule has 1 heterocycles. The van der Waals surface area contributed by atoms with Crippen LogP contribution in [0.25, 0.3) is 0 Å². The van der Waals surface area contributed by atoms with Gasteiger partial charge in [0.1, 0.15) is 5.69 Å². The SMILES string of the molecule is CCCNC(CCOCCOC)c1nccnc1OC. The Morgan fingerprint density at radius 2 is 1.95 bits per heavy atom. The number of nitrogens with zero attached hydrogens (tertiary/aromatic N) is 2. The van der Waals surface area contributed by atoms with Gasteiger partial charge in [0.15, 0.2) is 0 Å². The molecule has 1 atom stereocenters. The quantitative estimate of drug-likeness (QED) is 0.622. The van der Waals surface area contributed by atoms with Crippen molar-refractivity contribution in [3.8, 4) is 5.88 Å². The summed E-state index contributed by atoms with van der Waals surface area (Å²) in [6, 6.07) is 0.0844. The minimum Gasteiger partial charge on any atom is -0.480 e. The maximum atomic E-state index is 5.53. The Labute approximate surface area is 120 Å². The van der Waals surface area contributed by atoms with Crippen LogP contribution < -0.4 is 10.1 Å². The Morgan fingerprint density at radius 1 is 1.15 bits per heavy atom. The summed E-state index contributed by atoms with van der Waals surface area (Å²) in [6.45, 7) is 4.91. The van der Waals surface area contributed by atoms with Gasteiger partial charge in [-0.25, -0.2) is 4.98 Å². The van der Waals surface area contributed by atoms with Crippen LogP contribution in [0.5, 0.6) is 5.88 Å². The van der Waals surface area contributed by atoms with Gasteiger partial charge in [-0.2, -0.15) is 0 Å². The fourth-order valence-corrected chi connectivity index (χ4v) is 1.83. The van der Waals surface area contributed by atoms with E-state index in [1.54, 1.807) is 26.6 Å². The van der Waals surface area contributed by atoms with E-state index >= 15 is 0 Å². The summed E-state index contributed by atoms with van der Waals surface area (Å²) < 4.78 is 15.8. The third-order valence-corrected chi connectivity index (χ3v) is 2.84. The Kier molecular flexibility index (Phi) is 8.86. The van der Waals surface area contributed by atoms with Gasteiger partial charge in [-0.05, 0) is 19.4 Å². The van der Waals surface area contributed by atoms with Crippen LogP contribution in [-0.2, 0) is 9.47 Å². The molecule has 1 rings (SSSR count). The van der Waals surface area contributed by atoms with Gasteiger partial charge in [0.2, 0.25) is 5.88 Å². The highest BCUT2D eigenvalue weighted by Gasteiger charge is 2.17. The summed E-state index contributed by atoms with van der Waals surface area (Å²) in [6.07, 6.45) is 5.20. The van der Waals surface area contributed by atoms with Crippen LogP contribution in [-0.4, -0.2) is 50.6 Å². The molecule has 0 fully saturated rings. The maximum absolute atomic E-state index is 5.53. The third-order valence-electron chi connectivity index (χ3n) is 2.84. The maximum Gasteiger partial charge on any atom is 0.236 e. The van der Waals surface area contributed by atoms with E-state index in [4.69, 9.17) is 14.2 Å². The monoisotopic (exact) mass is 283 g/mol. The van der Waals surface area contributed by atoms with E-state index in [9.17, 15) is 0 Å². The van der Waals surface area contributed by atoms with Crippen molar-refractivity contribution in [2.75, 3.05) is 40.6 Å². The van der Waals surface area contributed by atoms with Crippen molar-refractivity contribution in [1.82, 2.24) is 15.3 Å². The van der Waals surface area contributed by atoms with Crippen molar-refractivity contribution in [3.05, 3.63) is 18.1 Å². The van der Waals surface area contributed by atoms with Crippen molar-refractivity contribution in [3.63, 3.8) is 0 Å². The summed E-state index contributed by atoms with van der Waals surface area (Å²) in [5.41, 5.74) is 0.832. The standard InChI is InChI=1S/C14H25N3O3/c1-4-6-15-12(5-9-20-11-10-18-2)13-14(19-3)17-8-7-16-13/h7-8,12,15H,4-6,9-11H2,1-3H3. The number of aromatic nitrogens is 2. The van der Waals surface area contributed by atoms with Crippen LogP contribution in [0.4, 0.5) is 0 Å². The number of hydrogen-bond donors (Lipinski definition) is 1. The number of methoxy groups -OCH3 is 2. The molecule has 20 heavy (non-hydrogen) atoms. The van der Waals surface area contributed by atoms with Crippen molar-refractivity contribution in [2.24, 2.45) is 0 Å². The fourth-order valence-electron chi connectivity index (χ4n) is 1.83. The van der Waals surface area contributed by atoms with Crippen LogP contribution in [0, 0.1) is 0 Å². The van der Waals surface area contributed by atoms with E-state index in [1.807, 2.05) is 0 Å². The average molecular weight is 283 g/mol. The molecule has 6 nitrogen and oxygen atoms in total. The molecule has 114 valence electrons. The predicted octanol–water partition coefficient (Wildman–Crippen LogP) is 1.58. The Bertz CT molecular complexity index is 363. The number of rotatable bonds is 11. The summed E-state index contributed by atoms with van der Waals surface area (Å²) in [7, 11) is 3.28. The molecule has 1 aromatic rings. The van der Waals surface area contributed by atoms with Gasteiger partial charge in [0, 0.05) is 26.1 Å². The van der Waals surface area contributed by atoms with E-state index in [0.717, 1.165) is 25.1 Å². The van der Waals surface area contributed by atoms with Gasteiger partial charge in [-0.15, -0.1) is 0 Å². The normalized spacial score (nSPS) is 12.3. The van der Waals surface area contributed by atoms with E-state index in [-0.39, 0.29) is 6.04 Å². The molecule has 0 saturated heterocycles. The Morgan fingerprint density at radius 3 is 2.65 bits per heavy atom. The van der Waals surface area contributed by atoms with Crippen LogP contribution in [0.1, 0.15) is 31.5 Å². The smallest absolute Gasteiger partial charge is 0.236 e. The third kappa shape index (κ3) is 5.81. The molecule has 0 saturated carbocycles. The molecule has 0 aliphatic carbocycles. The zero-order chi connectivity index (χ0) is 14.6. The Balaban J connectivity index is 2.58. The lowest BCUT2D eigenvalue weighted by molar-refractivity contribution is 0.0654. The van der Waals surface area contributed by atoms with E-state index in [2.05, 4.69) is 22.2 Å². The first-order chi connectivity index (χ1) is 9.83. The van der Waals surface area contributed by atoms with Crippen LogP contribution in [0.15, 0.2) is 12.4 Å². The molecule has 0 spiro atoms. The first-order valence-electron chi connectivity index (χ1n) is 6.98. The summed E-state index contributed by atoms with van der Waals surface area (Å²) in [5.74, 6) is 0.568. The molecule has 0 aliphatic rings. The second-order valence-corrected chi connectivity index (χ2v) is 4.35. The zero-order valence-corrected chi connectivity index (χ0v) is 12.6. The molecule has 0 aliphatic heterocycles. The van der Waals surface area contributed by atoms with Gasteiger partial charge in [-0.1, -0.05) is 6.92 Å². The van der Waals surface area contributed by atoms with Crippen LogP contribution in [0.2, 0.25) is 0 Å². The highest BCUT2D eigenvalue weighted by molar-refractivity contribution is 5.21. The van der Waals surface area contributed by atoms with Crippen molar-refractivity contribution < 1.29 is 14.2 Å². The van der Waals surface area contributed by atoms with E-state index in [0.29, 0.717) is 25.7 Å². The van der Waals surface area contributed by atoms with Crippen LogP contribution >= 0.6 is 0 Å². The van der Waals surface area contributed by atoms with Crippen molar-refractivity contribution in [1.29, 1.82) is 0 Å². The van der Waals surface area contributed by atoms with Gasteiger partial charge >= 0.3 is 0 Å². The highest BCUT2D eigenvalue weighted by Crippen LogP contribution is 2.22. The number of hydrogen-bond acceptors (Lipinski definition) is 6. The van der Waals surface area contributed by atoms with E-state index < -0.39 is 0 Å². The molecule has 6 heteroatoms. The van der Waals surface area contributed by atoms with Gasteiger partial charge in [0.25, 0.3) is 0 Å². The molecule has 1 unspecified atom stereocenters. The minimum atomic E-state index is 0.0844. The second-order valence-electron chi connectivity index (χ2n) is 4.35. The van der Waals surface area contributed by atoms with E-state index in [1.165, 1.54) is 0 Å². The lowest BCUT2D eigenvalue weighted by Crippen LogP contribution is -2.25. The van der Waals surface area contributed by atoms with Crippen molar-refractivity contribution >= 4 is 0 Å². The molecule has 0 radical (unpaired) electrons. The van der Waals surface area contributed by atoms with Gasteiger partial charge in [0.05, 0.1) is 26.4 Å². The summed E-state index contributed by atoms with van der Waals surface area (Å²) in [5, 5.41) is 3.46. The lowest BCUT2D eigenvalue weighted by Gasteiger charge is -2.19. The molecular weight excluding hydrogens is 258 g/mol.